The number of benzene rings is 1. The van der Waals surface area contributed by atoms with E-state index in [4.69, 9.17) is 23.2 Å². The smallest absolute Gasteiger partial charge is 0.0637 e. The van der Waals surface area contributed by atoms with Gasteiger partial charge in [0.1, 0.15) is 0 Å². The van der Waals surface area contributed by atoms with Crippen molar-refractivity contribution < 1.29 is 0 Å². The minimum absolute atomic E-state index is 0.639. The first kappa shape index (κ1) is 13.2. The van der Waals surface area contributed by atoms with Crippen LogP contribution in [0.5, 0.6) is 0 Å². The summed E-state index contributed by atoms with van der Waals surface area (Å²) < 4.78 is 0. The van der Waals surface area contributed by atoms with Crippen molar-refractivity contribution in [2.45, 2.75) is 32.7 Å². The molecule has 0 amide bonds. The predicted octanol–water partition coefficient (Wildman–Crippen LogP) is 4.52. The van der Waals surface area contributed by atoms with Crippen molar-refractivity contribution in [2.24, 2.45) is 11.8 Å². The fourth-order valence-electron chi connectivity index (χ4n) is 2.60. The molecule has 1 aromatic carbocycles. The van der Waals surface area contributed by atoms with Gasteiger partial charge in [-0.2, -0.15) is 0 Å². The molecule has 0 bridgehead atoms. The van der Waals surface area contributed by atoms with Crippen LogP contribution in [0.15, 0.2) is 18.2 Å². The van der Waals surface area contributed by atoms with Gasteiger partial charge >= 0.3 is 0 Å². The fraction of sp³-hybridized carbons (Fsp3) is 0.571. The van der Waals surface area contributed by atoms with Crippen LogP contribution in [0.2, 0.25) is 10.0 Å². The van der Waals surface area contributed by atoms with Gasteiger partial charge in [-0.15, -0.1) is 0 Å². The quantitative estimate of drug-likeness (QED) is 0.849. The van der Waals surface area contributed by atoms with Crippen LogP contribution < -0.4 is 5.32 Å². The molecule has 1 saturated carbocycles. The number of hydrogen-bond acceptors (Lipinski definition) is 1. The molecule has 94 valence electrons. The molecule has 2 rings (SSSR count). The summed E-state index contributed by atoms with van der Waals surface area (Å²) in [5.41, 5.74) is 1.09. The third-order valence-electron chi connectivity index (χ3n) is 3.79. The molecule has 0 spiro atoms. The third kappa shape index (κ3) is 3.37. The van der Waals surface area contributed by atoms with Crippen molar-refractivity contribution in [3.05, 3.63) is 33.8 Å². The topological polar surface area (TPSA) is 12.0 Å². The maximum atomic E-state index is 6.15. The maximum absolute atomic E-state index is 6.15. The molecule has 0 saturated heterocycles. The standard InChI is InChI=1S/C14H19Cl2N/c1-10-4-2-5-11(10)8-17-9-12-6-3-7-13(15)14(12)16/h3,6-7,10-11,17H,2,4-5,8-9H2,1H3. The molecule has 1 N–H and O–H groups in total. The highest BCUT2D eigenvalue weighted by Crippen LogP contribution is 2.30. The van der Waals surface area contributed by atoms with Crippen LogP contribution >= 0.6 is 23.2 Å². The van der Waals surface area contributed by atoms with Crippen LogP contribution in [0.3, 0.4) is 0 Å². The van der Waals surface area contributed by atoms with E-state index in [1.54, 1.807) is 0 Å². The SMILES string of the molecule is CC1CCCC1CNCc1cccc(Cl)c1Cl. The minimum atomic E-state index is 0.639. The molecule has 3 heteroatoms. The van der Waals surface area contributed by atoms with Gasteiger partial charge in [-0.3, -0.25) is 0 Å². The largest absolute Gasteiger partial charge is 0.312 e. The summed E-state index contributed by atoms with van der Waals surface area (Å²) in [4.78, 5) is 0. The summed E-state index contributed by atoms with van der Waals surface area (Å²) in [6.07, 6.45) is 4.12. The molecule has 1 nitrogen and oxygen atoms in total. The van der Waals surface area contributed by atoms with Crippen LogP contribution in [-0.4, -0.2) is 6.54 Å². The van der Waals surface area contributed by atoms with Gasteiger partial charge in [0.2, 0.25) is 0 Å². The van der Waals surface area contributed by atoms with E-state index in [2.05, 4.69) is 12.2 Å². The first-order valence-corrected chi connectivity index (χ1v) is 7.07. The van der Waals surface area contributed by atoms with Crippen molar-refractivity contribution in [3.63, 3.8) is 0 Å². The second-order valence-electron chi connectivity index (χ2n) is 5.01. The van der Waals surface area contributed by atoms with Gasteiger partial charge in [-0.1, -0.05) is 55.1 Å². The summed E-state index contributed by atoms with van der Waals surface area (Å²) in [6.45, 7) is 4.25. The van der Waals surface area contributed by atoms with Crippen molar-refractivity contribution in [3.8, 4) is 0 Å². The van der Waals surface area contributed by atoms with E-state index in [-0.39, 0.29) is 0 Å². The van der Waals surface area contributed by atoms with E-state index in [1.807, 2.05) is 18.2 Å². The molecular formula is C14H19Cl2N. The Hall–Kier alpha value is -0.240. The van der Waals surface area contributed by atoms with Crippen molar-refractivity contribution >= 4 is 23.2 Å². The number of hydrogen-bond donors (Lipinski definition) is 1. The highest BCUT2D eigenvalue weighted by atomic mass is 35.5. The second-order valence-corrected chi connectivity index (χ2v) is 5.80. The second kappa shape index (κ2) is 6.08. The summed E-state index contributed by atoms with van der Waals surface area (Å²) >= 11 is 12.1. The molecule has 0 heterocycles. The Morgan fingerprint density at radius 2 is 2.12 bits per heavy atom. The van der Waals surface area contributed by atoms with Gasteiger partial charge in [0, 0.05) is 6.54 Å². The zero-order valence-corrected chi connectivity index (χ0v) is 11.7. The van der Waals surface area contributed by atoms with Gasteiger partial charge < -0.3 is 5.32 Å². The van der Waals surface area contributed by atoms with E-state index in [9.17, 15) is 0 Å². The van der Waals surface area contributed by atoms with E-state index >= 15 is 0 Å². The lowest BCUT2D eigenvalue weighted by Crippen LogP contribution is -2.24. The van der Waals surface area contributed by atoms with Crippen LogP contribution in [0.4, 0.5) is 0 Å². The molecule has 1 fully saturated rings. The van der Waals surface area contributed by atoms with Gasteiger partial charge in [-0.05, 0) is 36.4 Å². The zero-order chi connectivity index (χ0) is 12.3. The van der Waals surface area contributed by atoms with Crippen molar-refractivity contribution in [1.82, 2.24) is 5.32 Å². The Kier molecular flexibility index (Phi) is 4.72. The van der Waals surface area contributed by atoms with Crippen molar-refractivity contribution in [1.29, 1.82) is 0 Å². The Balaban J connectivity index is 1.84. The van der Waals surface area contributed by atoms with Gasteiger partial charge in [-0.25, -0.2) is 0 Å². The van der Waals surface area contributed by atoms with E-state index in [0.29, 0.717) is 10.0 Å². The Bertz CT molecular complexity index is 378. The number of nitrogens with one attached hydrogen (secondary N) is 1. The van der Waals surface area contributed by atoms with E-state index in [0.717, 1.165) is 30.5 Å². The lowest BCUT2D eigenvalue weighted by Gasteiger charge is -2.16. The molecular weight excluding hydrogens is 253 g/mol. The molecule has 2 unspecified atom stereocenters. The molecule has 1 aliphatic rings. The Morgan fingerprint density at radius 1 is 1.29 bits per heavy atom. The monoisotopic (exact) mass is 271 g/mol. The molecule has 0 radical (unpaired) electrons. The highest BCUT2D eigenvalue weighted by molar-refractivity contribution is 6.42. The number of rotatable bonds is 4. The summed E-state index contributed by atoms with van der Waals surface area (Å²) in [5, 5.41) is 4.82. The van der Waals surface area contributed by atoms with E-state index < -0.39 is 0 Å². The average molecular weight is 272 g/mol. The normalized spacial score (nSPS) is 24.2. The third-order valence-corrected chi connectivity index (χ3v) is 4.65. The fourth-order valence-corrected chi connectivity index (χ4v) is 2.99. The Labute approximate surface area is 114 Å². The molecule has 1 aromatic rings. The first-order chi connectivity index (χ1) is 8.18. The van der Waals surface area contributed by atoms with Crippen LogP contribution in [-0.2, 0) is 6.54 Å². The molecule has 0 aromatic heterocycles. The van der Waals surface area contributed by atoms with Gasteiger partial charge in [0.15, 0.2) is 0 Å². The lowest BCUT2D eigenvalue weighted by molar-refractivity contribution is 0.392. The van der Waals surface area contributed by atoms with Gasteiger partial charge in [0.25, 0.3) is 0 Å². The van der Waals surface area contributed by atoms with Crippen LogP contribution in [0.1, 0.15) is 31.7 Å². The van der Waals surface area contributed by atoms with Crippen molar-refractivity contribution in [2.75, 3.05) is 6.54 Å². The summed E-state index contributed by atoms with van der Waals surface area (Å²) in [5.74, 6) is 1.69. The Morgan fingerprint density at radius 3 is 2.82 bits per heavy atom. The molecule has 17 heavy (non-hydrogen) atoms. The molecule has 1 aliphatic carbocycles. The number of halogens is 2. The van der Waals surface area contributed by atoms with Crippen LogP contribution in [0.25, 0.3) is 0 Å². The summed E-state index contributed by atoms with van der Waals surface area (Å²) in [6, 6.07) is 5.80. The summed E-state index contributed by atoms with van der Waals surface area (Å²) in [7, 11) is 0. The predicted molar refractivity (Wildman–Crippen MR) is 74.7 cm³/mol. The maximum Gasteiger partial charge on any atom is 0.0637 e. The van der Waals surface area contributed by atoms with Crippen LogP contribution in [0, 0.1) is 11.8 Å². The zero-order valence-electron chi connectivity index (χ0n) is 10.2. The molecule has 0 aliphatic heterocycles. The lowest BCUT2D eigenvalue weighted by atomic mass is 9.98. The molecule has 2 atom stereocenters. The highest BCUT2D eigenvalue weighted by Gasteiger charge is 2.22. The first-order valence-electron chi connectivity index (χ1n) is 6.32. The average Bonchev–Trinajstić information content (AvgIpc) is 2.71. The van der Waals surface area contributed by atoms with E-state index in [1.165, 1.54) is 19.3 Å². The minimum Gasteiger partial charge on any atom is -0.312 e. The van der Waals surface area contributed by atoms with Gasteiger partial charge in [0.05, 0.1) is 10.0 Å².